The minimum Gasteiger partial charge on any atom is -0.371 e. The number of hydrogen-bond donors (Lipinski definition) is 1. The van der Waals surface area contributed by atoms with E-state index < -0.39 is 22.7 Å². The molecule has 1 fully saturated rings. The maximum absolute atomic E-state index is 13.5. The zero-order valence-electron chi connectivity index (χ0n) is 14.1. The Morgan fingerprint density at radius 3 is 2.74 bits per heavy atom. The van der Waals surface area contributed by atoms with Crippen molar-refractivity contribution in [2.24, 2.45) is 0 Å². The number of hydrogen-bond acceptors (Lipinski definition) is 5. The first-order valence-corrected chi connectivity index (χ1v) is 8.39. The van der Waals surface area contributed by atoms with Gasteiger partial charge in [0.1, 0.15) is 11.9 Å². The maximum Gasteiger partial charge on any atom is 0.270 e. The molecule has 2 heterocycles. The lowest BCUT2D eigenvalue weighted by Crippen LogP contribution is -2.23. The van der Waals surface area contributed by atoms with Gasteiger partial charge in [-0.25, -0.2) is 13.8 Å². The molecule has 0 radical (unpaired) electrons. The number of nitro groups is 1. The van der Waals surface area contributed by atoms with Gasteiger partial charge in [0, 0.05) is 24.1 Å². The smallest absolute Gasteiger partial charge is 0.270 e. The van der Waals surface area contributed by atoms with Crippen molar-refractivity contribution in [2.45, 2.75) is 18.6 Å². The van der Waals surface area contributed by atoms with E-state index in [1.807, 2.05) is 0 Å². The normalized spacial score (nSPS) is 19.3. The highest BCUT2D eigenvalue weighted by Gasteiger charge is 2.30. The van der Waals surface area contributed by atoms with E-state index in [1.165, 1.54) is 18.2 Å². The number of nitrogens with zero attached hydrogens (tertiary/aromatic N) is 2. The van der Waals surface area contributed by atoms with Crippen LogP contribution in [0.3, 0.4) is 0 Å². The fourth-order valence-electron chi connectivity index (χ4n) is 3.25. The van der Waals surface area contributed by atoms with E-state index in [-0.39, 0.29) is 11.7 Å². The molecule has 27 heavy (non-hydrogen) atoms. The van der Waals surface area contributed by atoms with Crippen LogP contribution in [-0.2, 0) is 4.74 Å². The molecule has 1 aromatic heterocycles. The molecule has 4 rings (SSSR count). The average molecular weight is 371 g/mol. The van der Waals surface area contributed by atoms with Gasteiger partial charge >= 0.3 is 0 Å². The summed E-state index contributed by atoms with van der Waals surface area (Å²) >= 11 is 0. The molecule has 8 heteroatoms. The molecule has 6 nitrogen and oxygen atoms in total. The highest BCUT2D eigenvalue weighted by molar-refractivity contribution is 5.82. The van der Waals surface area contributed by atoms with Crippen LogP contribution in [0.2, 0.25) is 0 Å². The molecule has 0 aliphatic carbocycles. The van der Waals surface area contributed by atoms with E-state index in [9.17, 15) is 18.9 Å². The van der Waals surface area contributed by atoms with Gasteiger partial charge in [-0.15, -0.1) is 0 Å². The van der Waals surface area contributed by atoms with E-state index >= 15 is 0 Å². The Bertz CT molecular complexity index is 1030. The minimum absolute atomic E-state index is 0.00704. The van der Waals surface area contributed by atoms with Gasteiger partial charge < -0.3 is 10.1 Å². The molecular weight excluding hydrogens is 356 g/mol. The van der Waals surface area contributed by atoms with E-state index in [1.54, 1.807) is 18.2 Å². The predicted octanol–water partition coefficient (Wildman–Crippen LogP) is 4.36. The summed E-state index contributed by atoms with van der Waals surface area (Å²) < 4.78 is 32.4. The third-order valence-corrected chi connectivity index (χ3v) is 4.58. The van der Waals surface area contributed by atoms with E-state index in [0.717, 1.165) is 12.1 Å². The molecule has 0 amide bonds. The highest BCUT2D eigenvalue weighted by Crippen LogP contribution is 2.32. The molecule has 0 saturated carbocycles. The van der Waals surface area contributed by atoms with Crippen molar-refractivity contribution in [1.29, 1.82) is 0 Å². The van der Waals surface area contributed by atoms with Gasteiger partial charge in [-0.3, -0.25) is 10.1 Å². The van der Waals surface area contributed by atoms with E-state index in [0.29, 0.717) is 35.3 Å². The van der Waals surface area contributed by atoms with Gasteiger partial charge in [0.15, 0.2) is 11.6 Å². The third kappa shape index (κ3) is 3.43. The van der Waals surface area contributed by atoms with Crippen molar-refractivity contribution >= 4 is 22.4 Å². The average Bonchev–Trinajstić information content (AvgIpc) is 3.11. The van der Waals surface area contributed by atoms with Crippen LogP contribution in [0.1, 0.15) is 18.1 Å². The topological polar surface area (TPSA) is 77.3 Å². The van der Waals surface area contributed by atoms with Crippen LogP contribution in [-0.4, -0.2) is 22.6 Å². The van der Waals surface area contributed by atoms with Crippen molar-refractivity contribution in [2.75, 3.05) is 11.9 Å². The van der Waals surface area contributed by atoms with Crippen LogP contribution >= 0.6 is 0 Å². The molecule has 1 aliphatic rings. The fourth-order valence-corrected chi connectivity index (χ4v) is 3.25. The molecule has 138 valence electrons. The highest BCUT2D eigenvalue weighted by atomic mass is 19.2. The maximum atomic E-state index is 13.5. The number of nitrogens with one attached hydrogen (secondary N) is 1. The number of ether oxygens (including phenoxy) is 1. The van der Waals surface area contributed by atoms with Crippen molar-refractivity contribution < 1.29 is 18.4 Å². The van der Waals surface area contributed by atoms with Crippen LogP contribution in [0, 0.1) is 21.7 Å². The van der Waals surface area contributed by atoms with Gasteiger partial charge in [0.05, 0.1) is 16.5 Å². The quantitative estimate of drug-likeness (QED) is 0.545. The first kappa shape index (κ1) is 17.3. The van der Waals surface area contributed by atoms with Crippen molar-refractivity contribution in [1.82, 2.24) is 4.98 Å². The second kappa shape index (κ2) is 6.88. The Morgan fingerprint density at radius 2 is 1.96 bits per heavy atom. The number of pyridine rings is 1. The number of aromatic nitrogens is 1. The van der Waals surface area contributed by atoms with Crippen molar-refractivity contribution in [3.8, 4) is 0 Å². The molecule has 3 aromatic rings. The Morgan fingerprint density at radius 1 is 1.11 bits per heavy atom. The van der Waals surface area contributed by atoms with Gasteiger partial charge in [0.2, 0.25) is 0 Å². The number of nitro benzene ring substituents is 1. The SMILES string of the molecule is O=[N+]([O-])c1ccc2nc(NC3CCOC3c3ccc(F)c(F)c3)ccc2c1. The lowest BCUT2D eigenvalue weighted by atomic mass is 10.0. The Kier molecular flexibility index (Phi) is 4.41. The van der Waals surface area contributed by atoms with Crippen molar-refractivity contribution in [3.05, 3.63) is 75.8 Å². The first-order chi connectivity index (χ1) is 13.0. The Labute approximate surface area is 152 Å². The van der Waals surface area contributed by atoms with Gasteiger partial charge in [-0.05, 0) is 42.3 Å². The summed E-state index contributed by atoms with van der Waals surface area (Å²) in [7, 11) is 0. The summed E-state index contributed by atoms with van der Waals surface area (Å²) in [6, 6.07) is 11.5. The van der Waals surface area contributed by atoms with Crippen LogP contribution in [0.5, 0.6) is 0 Å². The van der Waals surface area contributed by atoms with E-state index in [4.69, 9.17) is 4.74 Å². The lowest BCUT2D eigenvalue weighted by Gasteiger charge is -2.21. The monoisotopic (exact) mass is 371 g/mol. The number of anilines is 1. The summed E-state index contributed by atoms with van der Waals surface area (Å²) in [5.41, 5.74) is 1.18. The standard InChI is InChI=1S/C19H15F2N3O3/c20-14-4-1-12(10-15(14)21)19-17(7-8-27-19)23-18-6-2-11-9-13(24(25)26)3-5-16(11)22-18/h1-6,9-10,17,19H,7-8H2,(H,22,23). The first-order valence-electron chi connectivity index (χ1n) is 8.39. The summed E-state index contributed by atoms with van der Waals surface area (Å²) in [5.74, 6) is -1.22. The number of halogens is 2. The molecule has 0 spiro atoms. The molecule has 1 N–H and O–H groups in total. The Hall–Kier alpha value is -3.13. The molecule has 2 aromatic carbocycles. The van der Waals surface area contributed by atoms with Crippen molar-refractivity contribution in [3.63, 3.8) is 0 Å². The molecule has 2 atom stereocenters. The summed E-state index contributed by atoms with van der Waals surface area (Å²) in [4.78, 5) is 14.9. The molecular formula is C19H15F2N3O3. The van der Waals surface area contributed by atoms with Gasteiger partial charge in [-0.1, -0.05) is 6.07 Å². The zero-order chi connectivity index (χ0) is 19.0. The summed E-state index contributed by atoms with van der Waals surface area (Å²) in [6.45, 7) is 0.487. The molecule has 0 bridgehead atoms. The van der Waals surface area contributed by atoms with Crippen LogP contribution < -0.4 is 5.32 Å². The molecule has 1 saturated heterocycles. The summed E-state index contributed by atoms with van der Waals surface area (Å²) in [6.07, 6.45) is 0.262. The number of benzene rings is 2. The molecule has 1 aliphatic heterocycles. The number of fused-ring (bicyclic) bond motifs is 1. The second-order valence-electron chi connectivity index (χ2n) is 6.34. The predicted molar refractivity (Wildman–Crippen MR) is 95.5 cm³/mol. The zero-order valence-corrected chi connectivity index (χ0v) is 14.1. The van der Waals surface area contributed by atoms with Gasteiger partial charge in [0.25, 0.3) is 5.69 Å². The van der Waals surface area contributed by atoms with E-state index in [2.05, 4.69) is 10.3 Å². The minimum atomic E-state index is -0.910. The largest absolute Gasteiger partial charge is 0.371 e. The Balaban J connectivity index is 1.57. The lowest BCUT2D eigenvalue weighted by molar-refractivity contribution is -0.384. The fraction of sp³-hybridized carbons (Fsp3) is 0.211. The number of rotatable bonds is 4. The van der Waals surface area contributed by atoms with Crippen LogP contribution in [0.25, 0.3) is 10.9 Å². The van der Waals surface area contributed by atoms with Gasteiger partial charge in [-0.2, -0.15) is 0 Å². The molecule has 2 unspecified atom stereocenters. The second-order valence-corrected chi connectivity index (χ2v) is 6.34. The van der Waals surface area contributed by atoms with Crippen LogP contribution in [0.4, 0.5) is 20.3 Å². The third-order valence-electron chi connectivity index (χ3n) is 4.58. The number of non-ortho nitro benzene ring substituents is 1. The summed E-state index contributed by atoms with van der Waals surface area (Å²) in [5, 5.41) is 14.8. The van der Waals surface area contributed by atoms with Crippen LogP contribution in [0.15, 0.2) is 48.5 Å².